The van der Waals surface area contributed by atoms with Gasteiger partial charge in [0, 0.05) is 12.1 Å². The van der Waals surface area contributed by atoms with Gasteiger partial charge in [0.15, 0.2) is 0 Å². The number of rotatable bonds is 5. The molecule has 0 aromatic heterocycles. The number of halogens is 1. The second-order valence-electron chi connectivity index (χ2n) is 4.43. The fraction of sp³-hybridized carbons (Fsp3) is 0.417. The number of carbonyl (C=O) groups is 1. The Hall–Kier alpha value is -1.62. The quantitative estimate of drug-likeness (QED) is 0.659. The lowest BCUT2D eigenvalue weighted by molar-refractivity contribution is -0.384. The average Bonchev–Trinajstić information content (AvgIpc) is 2.25. The zero-order valence-electron chi connectivity index (χ0n) is 10.1. The number of hydrogen-bond acceptors (Lipinski definition) is 3. The fourth-order valence-corrected chi connectivity index (χ4v) is 1.91. The van der Waals surface area contributed by atoms with Crippen molar-refractivity contribution in [1.29, 1.82) is 0 Å². The number of nitrogens with zero attached hydrogens (tertiary/aromatic N) is 1. The summed E-state index contributed by atoms with van der Waals surface area (Å²) in [4.78, 5) is 21.1. The third-order valence-electron chi connectivity index (χ3n) is 2.81. The summed E-state index contributed by atoms with van der Waals surface area (Å²) in [6.07, 6.45) is 0.268. The van der Waals surface area contributed by atoms with Gasteiger partial charge >= 0.3 is 5.97 Å². The summed E-state index contributed by atoms with van der Waals surface area (Å²) in [5.74, 6) is -1.47. The molecule has 5 nitrogen and oxygen atoms in total. The number of benzene rings is 1. The summed E-state index contributed by atoms with van der Waals surface area (Å²) < 4.78 is 0. The molecule has 0 aliphatic heterocycles. The molecule has 1 aromatic rings. The molecule has 0 spiro atoms. The lowest BCUT2D eigenvalue weighted by atomic mass is 9.89. The third kappa shape index (κ3) is 3.43. The highest BCUT2D eigenvalue weighted by atomic mass is 35.5. The first-order valence-electron chi connectivity index (χ1n) is 5.48. The Morgan fingerprint density at radius 2 is 2.11 bits per heavy atom. The van der Waals surface area contributed by atoms with Gasteiger partial charge in [0.25, 0.3) is 5.69 Å². The lowest BCUT2D eigenvalue weighted by Gasteiger charge is -2.16. The number of aliphatic carboxylic acids is 1. The van der Waals surface area contributed by atoms with E-state index in [1.54, 1.807) is 0 Å². The normalized spacial score (nSPS) is 12.4. The molecule has 0 heterocycles. The Balaban J connectivity index is 2.97. The van der Waals surface area contributed by atoms with Crippen LogP contribution in [0.25, 0.3) is 0 Å². The maximum absolute atomic E-state index is 11.1. The minimum absolute atomic E-state index is 0.0336. The first kappa shape index (κ1) is 14.4. The highest BCUT2D eigenvalue weighted by Crippen LogP contribution is 2.26. The second kappa shape index (κ2) is 5.82. The Kier molecular flexibility index (Phi) is 4.67. The van der Waals surface area contributed by atoms with Gasteiger partial charge < -0.3 is 5.11 Å². The van der Waals surface area contributed by atoms with Crippen molar-refractivity contribution in [2.24, 2.45) is 11.8 Å². The van der Waals surface area contributed by atoms with Crippen LogP contribution in [0, 0.1) is 22.0 Å². The molecule has 6 heteroatoms. The summed E-state index contributed by atoms with van der Waals surface area (Å²) in [7, 11) is 0. The van der Waals surface area contributed by atoms with Crippen LogP contribution in [0.4, 0.5) is 5.69 Å². The molecule has 0 bridgehead atoms. The minimum Gasteiger partial charge on any atom is -0.481 e. The third-order valence-corrected chi connectivity index (χ3v) is 3.16. The van der Waals surface area contributed by atoms with Crippen LogP contribution < -0.4 is 0 Å². The van der Waals surface area contributed by atoms with Crippen LogP contribution in [0.15, 0.2) is 18.2 Å². The largest absolute Gasteiger partial charge is 0.481 e. The van der Waals surface area contributed by atoms with Gasteiger partial charge in [-0.05, 0) is 17.9 Å². The van der Waals surface area contributed by atoms with Crippen molar-refractivity contribution in [3.8, 4) is 0 Å². The van der Waals surface area contributed by atoms with E-state index in [9.17, 15) is 14.9 Å². The van der Waals surface area contributed by atoms with Crippen LogP contribution in [0.3, 0.4) is 0 Å². The molecule has 0 aliphatic carbocycles. The van der Waals surface area contributed by atoms with Crippen molar-refractivity contribution in [2.45, 2.75) is 20.3 Å². The number of carboxylic acids is 1. The van der Waals surface area contributed by atoms with E-state index < -0.39 is 16.8 Å². The van der Waals surface area contributed by atoms with E-state index in [1.807, 2.05) is 13.8 Å². The maximum atomic E-state index is 11.1. The number of carboxylic acid groups (broad SMARTS) is 1. The summed E-state index contributed by atoms with van der Waals surface area (Å²) in [6, 6.07) is 4.09. The van der Waals surface area contributed by atoms with Crippen molar-refractivity contribution in [2.75, 3.05) is 0 Å². The van der Waals surface area contributed by atoms with E-state index in [-0.39, 0.29) is 23.0 Å². The highest BCUT2D eigenvalue weighted by Gasteiger charge is 2.23. The van der Waals surface area contributed by atoms with Crippen molar-refractivity contribution in [3.63, 3.8) is 0 Å². The van der Waals surface area contributed by atoms with Gasteiger partial charge in [0.1, 0.15) is 0 Å². The van der Waals surface area contributed by atoms with Gasteiger partial charge in [-0.25, -0.2) is 0 Å². The van der Waals surface area contributed by atoms with Gasteiger partial charge in [0.05, 0.1) is 15.9 Å². The van der Waals surface area contributed by atoms with Crippen molar-refractivity contribution < 1.29 is 14.8 Å². The number of hydrogen-bond donors (Lipinski definition) is 1. The molecular formula is C12H14ClNO4. The molecule has 0 amide bonds. The zero-order valence-corrected chi connectivity index (χ0v) is 10.8. The molecule has 1 aromatic carbocycles. The van der Waals surface area contributed by atoms with E-state index in [0.717, 1.165) is 0 Å². The van der Waals surface area contributed by atoms with Gasteiger partial charge in [0.2, 0.25) is 0 Å². The van der Waals surface area contributed by atoms with E-state index in [4.69, 9.17) is 16.7 Å². The standard InChI is InChI=1S/C12H14ClNO4/c1-7(2)10(12(15)16)5-8-3-4-9(14(17)18)6-11(8)13/h3-4,6-7,10H,5H2,1-2H3,(H,15,16). The van der Waals surface area contributed by atoms with Crippen molar-refractivity contribution in [1.82, 2.24) is 0 Å². The molecular weight excluding hydrogens is 258 g/mol. The number of non-ortho nitro benzene ring substituents is 1. The molecule has 1 rings (SSSR count). The van der Waals surface area contributed by atoms with Crippen LogP contribution in [-0.2, 0) is 11.2 Å². The van der Waals surface area contributed by atoms with Gasteiger partial charge in [-0.1, -0.05) is 31.5 Å². The second-order valence-corrected chi connectivity index (χ2v) is 4.83. The molecule has 0 saturated heterocycles. The summed E-state index contributed by atoms with van der Waals surface area (Å²) in [6.45, 7) is 3.64. The summed E-state index contributed by atoms with van der Waals surface area (Å²) >= 11 is 5.93. The molecule has 0 saturated carbocycles. The predicted octanol–water partition coefficient (Wildman–Crippen LogP) is 3.15. The van der Waals surface area contributed by atoms with Crippen LogP contribution in [0.1, 0.15) is 19.4 Å². The van der Waals surface area contributed by atoms with Gasteiger partial charge in [-0.3, -0.25) is 14.9 Å². The first-order chi connectivity index (χ1) is 8.32. The number of nitro benzene ring substituents is 1. The molecule has 1 atom stereocenters. The highest BCUT2D eigenvalue weighted by molar-refractivity contribution is 6.31. The average molecular weight is 272 g/mol. The summed E-state index contributed by atoms with van der Waals surface area (Å²) in [5, 5.41) is 19.9. The van der Waals surface area contributed by atoms with E-state index in [0.29, 0.717) is 5.56 Å². The van der Waals surface area contributed by atoms with Crippen molar-refractivity contribution >= 4 is 23.3 Å². The van der Waals surface area contributed by atoms with Crippen LogP contribution in [0.5, 0.6) is 0 Å². The Morgan fingerprint density at radius 1 is 1.50 bits per heavy atom. The van der Waals surface area contributed by atoms with E-state index >= 15 is 0 Å². The van der Waals surface area contributed by atoms with E-state index in [1.165, 1.54) is 18.2 Å². The lowest BCUT2D eigenvalue weighted by Crippen LogP contribution is -2.22. The zero-order chi connectivity index (χ0) is 13.9. The van der Waals surface area contributed by atoms with Crippen LogP contribution in [0.2, 0.25) is 5.02 Å². The molecule has 0 fully saturated rings. The maximum Gasteiger partial charge on any atom is 0.307 e. The molecule has 1 unspecified atom stereocenters. The van der Waals surface area contributed by atoms with Crippen LogP contribution >= 0.6 is 11.6 Å². The Bertz CT molecular complexity index is 473. The molecule has 0 radical (unpaired) electrons. The minimum atomic E-state index is -0.889. The van der Waals surface area contributed by atoms with E-state index in [2.05, 4.69) is 0 Å². The van der Waals surface area contributed by atoms with Crippen molar-refractivity contribution in [3.05, 3.63) is 38.9 Å². The summed E-state index contributed by atoms with van der Waals surface area (Å²) in [5.41, 5.74) is 0.517. The van der Waals surface area contributed by atoms with Gasteiger partial charge in [-0.2, -0.15) is 0 Å². The topological polar surface area (TPSA) is 80.4 Å². The predicted molar refractivity (Wildman–Crippen MR) is 67.8 cm³/mol. The Morgan fingerprint density at radius 3 is 2.50 bits per heavy atom. The fourth-order valence-electron chi connectivity index (χ4n) is 1.66. The monoisotopic (exact) mass is 271 g/mol. The molecule has 1 N–H and O–H groups in total. The Labute approximate surface area is 110 Å². The number of nitro groups is 1. The SMILES string of the molecule is CC(C)C(Cc1ccc([N+](=O)[O-])cc1Cl)C(=O)O. The van der Waals surface area contributed by atoms with Gasteiger partial charge in [-0.15, -0.1) is 0 Å². The molecule has 98 valence electrons. The molecule has 0 aliphatic rings. The molecule has 18 heavy (non-hydrogen) atoms. The van der Waals surface area contributed by atoms with Crippen LogP contribution in [-0.4, -0.2) is 16.0 Å². The smallest absolute Gasteiger partial charge is 0.307 e. The first-order valence-corrected chi connectivity index (χ1v) is 5.86.